The van der Waals surface area contributed by atoms with E-state index in [1.807, 2.05) is 29.0 Å². The van der Waals surface area contributed by atoms with E-state index < -0.39 is 47.3 Å². The molecule has 0 saturated carbocycles. The first kappa shape index (κ1) is 98.2. The van der Waals surface area contributed by atoms with Crippen LogP contribution in [0.25, 0.3) is 0 Å². The Morgan fingerprint density at radius 2 is 0.667 bits per heavy atom. The molecule has 4 aromatic heterocycles. The monoisotopic (exact) mass is 2030 g/mol. The summed E-state index contributed by atoms with van der Waals surface area (Å²) in [4.78, 5) is 130. The number of nitrogens with one attached hydrogen (secondary N) is 10. The van der Waals surface area contributed by atoms with Gasteiger partial charge in [0, 0.05) is 129 Å². The molecule has 0 bridgehead atoms. The number of aliphatic imine (C=N–C) groups is 1. The van der Waals surface area contributed by atoms with E-state index in [0.29, 0.717) is 75.6 Å². The van der Waals surface area contributed by atoms with Gasteiger partial charge in [-0.2, -0.15) is 0 Å². The van der Waals surface area contributed by atoms with Gasteiger partial charge < -0.3 is 68.2 Å². The Labute approximate surface area is 814 Å². The van der Waals surface area contributed by atoms with E-state index >= 15 is 0 Å². The smallest absolute Gasteiger partial charge is 0.259 e. The van der Waals surface area contributed by atoms with Gasteiger partial charge in [-0.05, 0) is 184 Å². The van der Waals surface area contributed by atoms with Gasteiger partial charge in [-0.3, -0.25) is 54.2 Å². The molecule has 29 nitrogen and oxygen atoms in total. The van der Waals surface area contributed by atoms with Gasteiger partial charge in [-0.15, -0.1) is 0 Å². The number of hydrogen-bond acceptors (Lipinski definition) is 18. The highest BCUT2D eigenvalue weighted by Gasteiger charge is 2.27. The number of benzene rings is 8. The Hall–Kier alpha value is -12.8. The Bertz CT molecular complexity index is 6410. The van der Waals surface area contributed by atoms with Crippen LogP contribution in [0.5, 0.6) is 0 Å². The minimum atomic E-state index is -0.552. The number of amides is 8. The van der Waals surface area contributed by atoms with Crippen molar-refractivity contribution in [3.05, 3.63) is 346 Å². The first-order valence-electron chi connectivity index (χ1n) is 39.9. The summed E-state index contributed by atoms with van der Waals surface area (Å²) in [5, 5.41) is 52.7. The van der Waals surface area contributed by atoms with Gasteiger partial charge in [0.2, 0.25) is 0 Å². The van der Waals surface area contributed by atoms with E-state index in [9.17, 15) is 38.4 Å². The van der Waals surface area contributed by atoms with E-state index in [0.717, 1.165) is 87.5 Å². The van der Waals surface area contributed by atoms with Crippen molar-refractivity contribution >= 4 is 249 Å². The van der Waals surface area contributed by atoms with Crippen molar-refractivity contribution in [2.75, 3.05) is 88.9 Å². The van der Waals surface area contributed by atoms with Crippen LogP contribution in [-0.4, -0.2) is 157 Å². The third-order valence-corrected chi connectivity index (χ3v) is 22.9. The van der Waals surface area contributed by atoms with Gasteiger partial charge >= 0.3 is 0 Å². The van der Waals surface area contributed by atoms with Crippen molar-refractivity contribution in [2.24, 2.45) is 15.9 Å². The molecule has 40 heteroatoms. The second kappa shape index (κ2) is 46.3. The number of nitrogens with zero attached hydrogens (tertiary/aromatic N) is 9. The second-order valence-corrected chi connectivity index (χ2v) is 34.3. The molecule has 0 spiro atoms. The zero-order chi connectivity index (χ0) is 94.4. The minimum absolute atomic E-state index is 0.0652. The number of anilines is 8. The van der Waals surface area contributed by atoms with Gasteiger partial charge in [0.25, 0.3) is 47.3 Å². The summed E-state index contributed by atoms with van der Waals surface area (Å²) >= 11 is 64.0. The third-order valence-electron chi connectivity index (χ3n) is 19.9. The lowest BCUT2D eigenvalue weighted by Gasteiger charge is -2.29. The molecule has 8 aromatic carbocycles. The van der Waals surface area contributed by atoms with Gasteiger partial charge in [-0.1, -0.05) is 186 Å². The highest BCUT2D eigenvalue weighted by Crippen LogP contribution is 2.36. The minimum Gasteiger partial charge on any atom is -0.409 e. The molecular formula is C92H75BrCl10N20O9. The standard InChI is InChI=1S/C25H22Cl3N5O2.C24H20Cl3N5O2.C23H18Cl3N5O2.C20H15BrClN5O3/c26-17-8-9-21(30-14-17)31-25(35)19-12-18(27)13-20(28)22(19)32-24(34)16-6-4-15(5-7-16)23(29)33-10-2-1-3-11-33;25-16-7-8-20(29-13-16)30-24(34)18-11-17(26)12-19(27)21(18)31-23(33)15-5-3-14(4-6-15)22(28)32-9-1-2-10-32;1-31-9-8-27-21(31)13-2-4-14(5-3-13)22(32)30-20-17(10-16(25)11-18(20)26)23(33)29-19-7-6-15(24)12-28-19;21-13-5-7-16(15(9-13)20(29)26-17-8-6-14(22)10-24-17)25-19(28)12-3-1-11(2-4-12)18(23)27-30/h4-9,12-14,29H,1-3,10-11H2,(H,32,34)(H,30,31,35);3-8,11-13,28H,1-2,9-10H2,(H,31,33)(H,29,30,34);2-7,10-12H,8-9H2,1H3,(H,30,32)(H,28,29,33);1-10,30H,(H2,23,27)(H,25,28)(H,24,26,29). The molecule has 674 valence electrons. The van der Waals surface area contributed by atoms with Crippen LogP contribution in [0.2, 0.25) is 50.2 Å². The molecular weight excluding hydrogens is 1960 g/mol. The molecule has 0 radical (unpaired) electrons. The average molecular weight is 2040 g/mol. The van der Waals surface area contributed by atoms with Crippen molar-refractivity contribution < 1.29 is 43.6 Å². The molecule has 12 aromatic rings. The number of halogens is 11. The number of nitrogens with two attached hydrogens (primary N) is 1. The maximum Gasteiger partial charge on any atom is 0.259 e. The lowest BCUT2D eigenvalue weighted by molar-refractivity contribution is 0.101. The lowest BCUT2D eigenvalue weighted by Crippen LogP contribution is -2.35. The summed E-state index contributed by atoms with van der Waals surface area (Å²) in [6.45, 7) is 5.08. The molecule has 13 N–H and O–H groups in total. The number of oxime groups is 1. The zero-order valence-electron chi connectivity index (χ0n) is 69.1. The number of hydrogen-bond donors (Lipinski definition) is 12. The van der Waals surface area contributed by atoms with Gasteiger partial charge in [-0.25, -0.2) is 19.9 Å². The molecule has 2 fully saturated rings. The second-order valence-electron chi connectivity index (χ2n) is 29.1. The highest BCUT2D eigenvalue weighted by atomic mass is 79.9. The Morgan fingerprint density at radius 1 is 0.356 bits per heavy atom. The van der Waals surface area contributed by atoms with E-state index in [1.54, 1.807) is 140 Å². The molecule has 8 amide bonds. The zero-order valence-corrected chi connectivity index (χ0v) is 78.3. The molecule has 0 atom stereocenters. The normalized spacial score (nSPS) is 12.6. The quantitative estimate of drug-likeness (QED) is 0.0146. The van der Waals surface area contributed by atoms with E-state index in [2.05, 4.69) is 93.4 Å². The van der Waals surface area contributed by atoms with Crippen molar-refractivity contribution in [1.29, 1.82) is 10.8 Å². The first-order valence-corrected chi connectivity index (χ1v) is 44.4. The predicted octanol–water partition coefficient (Wildman–Crippen LogP) is 21.7. The Balaban J connectivity index is 0.000000159. The van der Waals surface area contributed by atoms with Crippen LogP contribution in [0.4, 0.5) is 46.0 Å². The molecule has 3 aliphatic rings. The van der Waals surface area contributed by atoms with Gasteiger partial charge in [0.1, 0.15) is 40.8 Å². The summed E-state index contributed by atoms with van der Waals surface area (Å²) in [5.74, 6) is -0.986. The summed E-state index contributed by atoms with van der Waals surface area (Å²) in [6, 6.07) is 52.8. The number of aromatic nitrogens is 4. The molecule has 7 heterocycles. The maximum atomic E-state index is 13.0. The fourth-order valence-corrected chi connectivity index (χ4v) is 15.6. The summed E-state index contributed by atoms with van der Waals surface area (Å²) in [7, 11) is 1.97. The van der Waals surface area contributed by atoms with Crippen LogP contribution in [-0.2, 0) is 0 Å². The summed E-state index contributed by atoms with van der Waals surface area (Å²) < 4.78 is 0.665. The fourth-order valence-electron chi connectivity index (χ4n) is 13.2. The van der Waals surface area contributed by atoms with Crippen molar-refractivity contribution in [3.8, 4) is 0 Å². The van der Waals surface area contributed by atoms with Crippen LogP contribution in [0.15, 0.2) is 240 Å². The largest absolute Gasteiger partial charge is 0.409 e. The van der Waals surface area contributed by atoms with Crippen LogP contribution in [0.3, 0.4) is 0 Å². The molecule has 2 saturated heterocycles. The topological polar surface area (TPSA) is 413 Å². The van der Waals surface area contributed by atoms with E-state index in [1.165, 1.54) is 79.7 Å². The first-order chi connectivity index (χ1) is 63.3. The SMILES string of the molecule is CN1CCN=C1c1ccc(C(=O)Nc2c(Cl)cc(Cl)cc2C(=O)Nc2ccc(Cl)cn2)cc1.N=C(c1ccc(C(=O)Nc2c(Cl)cc(Cl)cc2C(=O)Nc2ccc(Cl)cn2)cc1)N1CCCC1.N=C(c1ccc(C(=O)Nc2c(Cl)cc(Cl)cc2C(=O)Nc2ccc(Cl)cn2)cc1)N1CCCCC1.NC(=NO)c1ccc(C(=O)Nc2ccc(Br)cc2C(=O)Nc2ccc(Cl)cn2)cc1. The molecule has 0 aliphatic carbocycles. The van der Waals surface area contributed by atoms with Gasteiger partial charge in [0.15, 0.2) is 5.84 Å². The number of piperidine rings is 1. The molecule has 0 unspecified atom stereocenters. The van der Waals surface area contributed by atoms with Gasteiger partial charge in [0.05, 0.1) is 86.7 Å². The van der Waals surface area contributed by atoms with Crippen LogP contribution >= 0.6 is 132 Å². The van der Waals surface area contributed by atoms with Crippen molar-refractivity contribution in [1.82, 2.24) is 34.6 Å². The van der Waals surface area contributed by atoms with E-state index in [-0.39, 0.29) is 92.7 Å². The highest BCUT2D eigenvalue weighted by molar-refractivity contribution is 9.10. The number of carbonyl (C=O) groups excluding carboxylic acids is 8. The lowest BCUT2D eigenvalue weighted by atomic mass is 10.1. The summed E-state index contributed by atoms with van der Waals surface area (Å²) in [6.07, 6.45) is 11.1. The number of amidine groups is 4. The number of rotatable bonds is 20. The van der Waals surface area contributed by atoms with E-state index in [4.69, 9.17) is 138 Å². The maximum absolute atomic E-state index is 13.0. The molecule has 3 aliphatic heterocycles. The number of pyridine rings is 4. The Kier molecular flexibility index (Phi) is 34.5. The van der Waals surface area contributed by atoms with Crippen LogP contribution in [0, 0.1) is 10.8 Å². The van der Waals surface area contributed by atoms with Crippen LogP contribution in [0.1, 0.15) is 137 Å². The Morgan fingerprint density at radius 3 is 0.985 bits per heavy atom. The number of carbonyl (C=O) groups is 8. The van der Waals surface area contributed by atoms with Crippen molar-refractivity contribution in [2.45, 2.75) is 32.1 Å². The van der Waals surface area contributed by atoms with Crippen LogP contribution < -0.4 is 48.3 Å². The number of likely N-dealkylation sites (N-methyl/N-ethyl adjacent to an activating group) is 1. The molecule has 132 heavy (non-hydrogen) atoms. The molecule has 15 rings (SSSR count). The number of likely N-dealkylation sites (tertiary alicyclic amines) is 2. The summed E-state index contributed by atoms with van der Waals surface area (Å²) in [5.41, 5.74) is 11.0. The predicted molar refractivity (Wildman–Crippen MR) is 526 cm³/mol. The average Bonchev–Trinajstić information content (AvgIpc) is 1.31. The fraction of sp³-hybridized carbons (Fsp3) is 0.130. The third kappa shape index (κ3) is 26.7. The van der Waals surface area contributed by atoms with Crippen molar-refractivity contribution in [3.63, 3.8) is 0 Å².